The summed E-state index contributed by atoms with van der Waals surface area (Å²) in [4.78, 5) is 22.0. The first-order chi connectivity index (χ1) is 6.29. The van der Waals surface area contributed by atoms with E-state index in [1.807, 2.05) is 0 Å². The van der Waals surface area contributed by atoms with Gasteiger partial charge in [0.15, 0.2) is 0 Å². The average molecular weight is 199 g/mol. The van der Waals surface area contributed by atoms with Crippen molar-refractivity contribution in [3.8, 4) is 0 Å². The van der Waals surface area contributed by atoms with Crippen molar-refractivity contribution in [2.45, 2.75) is 33.2 Å². The van der Waals surface area contributed by atoms with E-state index in [4.69, 9.17) is 5.11 Å². The smallest absolute Gasteiger partial charge is 0.326 e. The topological polar surface area (TPSA) is 66.4 Å². The van der Waals surface area contributed by atoms with Crippen molar-refractivity contribution in [2.75, 3.05) is 0 Å². The number of rotatable bonds is 4. The molecule has 0 radical (unpaired) electrons. The van der Waals surface area contributed by atoms with Gasteiger partial charge in [-0.1, -0.05) is 26.8 Å². The van der Waals surface area contributed by atoms with Crippen LogP contribution in [0.4, 0.5) is 0 Å². The fraction of sp³-hybridized carbons (Fsp3) is 0.600. The van der Waals surface area contributed by atoms with Gasteiger partial charge in [-0.15, -0.1) is 6.58 Å². The van der Waals surface area contributed by atoms with E-state index < -0.39 is 17.4 Å². The summed E-state index contributed by atoms with van der Waals surface area (Å²) in [5.41, 5.74) is -0.497. The van der Waals surface area contributed by atoms with E-state index in [9.17, 15) is 9.59 Å². The third-order valence-electron chi connectivity index (χ3n) is 1.75. The molecule has 4 heteroatoms. The first kappa shape index (κ1) is 12.7. The quantitative estimate of drug-likeness (QED) is 0.668. The Morgan fingerprint density at radius 1 is 1.50 bits per heavy atom. The summed E-state index contributed by atoms with van der Waals surface area (Å²) in [5.74, 6) is -1.34. The standard InChI is InChI=1S/C10H17NO3/c1-5-6-7(12)11-8(9(13)14)10(2,3)4/h5,8H,1,6H2,2-4H3,(H,11,12)(H,13,14)/t8-/m0/s1. The summed E-state index contributed by atoms with van der Waals surface area (Å²) in [6.45, 7) is 8.70. The number of nitrogens with one attached hydrogen (secondary N) is 1. The lowest BCUT2D eigenvalue weighted by molar-refractivity contribution is -0.144. The minimum absolute atomic E-state index is 0.139. The number of aliphatic carboxylic acids is 1. The number of carbonyl (C=O) groups excluding carboxylic acids is 1. The molecule has 14 heavy (non-hydrogen) atoms. The first-order valence-electron chi connectivity index (χ1n) is 4.42. The fourth-order valence-corrected chi connectivity index (χ4v) is 1.000. The third-order valence-corrected chi connectivity index (χ3v) is 1.75. The van der Waals surface area contributed by atoms with Crippen molar-refractivity contribution in [3.05, 3.63) is 12.7 Å². The molecule has 0 rings (SSSR count). The second kappa shape index (κ2) is 4.79. The molecular formula is C10H17NO3. The van der Waals surface area contributed by atoms with Crippen LogP contribution in [-0.2, 0) is 9.59 Å². The Labute approximate surface area is 84.0 Å². The molecule has 0 aliphatic rings. The van der Waals surface area contributed by atoms with Gasteiger partial charge in [-0.05, 0) is 5.41 Å². The molecule has 80 valence electrons. The number of hydrogen-bond acceptors (Lipinski definition) is 2. The molecule has 0 saturated heterocycles. The highest BCUT2D eigenvalue weighted by molar-refractivity contribution is 5.84. The van der Waals surface area contributed by atoms with Crippen LogP contribution in [0.1, 0.15) is 27.2 Å². The van der Waals surface area contributed by atoms with Crippen LogP contribution < -0.4 is 5.32 Å². The Balaban J connectivity index is 4.47. The molecule has 0 saturated carbocycles. The molecule has 0 aromatic heterocycles. The average Bonchev–Trinajstić information content (AvgIpc) is 1.98. The van der Waals surface area contributed by atoms with Crippen LogP contribution >= 0.6 is 0 Å². The molecule has 0 aromatic carbocycles. The van der Waals surface area contributed by atoms with E-state index in [-0.39, 0.29) is 12.3 Å². The van der Waals surface area contributed by atoms with Gasteiger partial charge >= 0.3 is 5.97 Å². The van der Waals surface area contributed by atoms with E-state index in [1.165, 1.54) is 6.08 Å². The minimum Gasteiger partial charge on any atom is -0.480 e. The van der Waals surface area contributed by atoms with Crippen molar-refractivity contribution in [1.29, 1.82) is 0 Å². The molecule has 4 nitrogen and oxygen atoms in total. The van der Waals surface area contributed by atoms with Gasteiger partial charge in [0.05, 0.1) is 0 Å². The van der Waals surface area contributed by atoms with Crippen LogP contribution in [0, 0.1) is 5.41 Å². The van der Waals surface area contributed by atoms with E-state index in [0.29, 0.717) is 0 Å². The molecule has 0 heterocycles. The minimum atomic E-state index is -1.02. The third kappa shape index (κ3) is 4.07. The van der Waals surface area contributed by atoms with Gasteiger partial charge in [0.1, 0.15) is 6.04 Å². The summed E-state index contributed by atoms with van der Waals surface area (Å²) in [7, 11) is 0. The Kier molecular flexibility index (Phi) is 4.34. The molecule has 0 bridgehead atoms. The zero-order valence-electron chi connectivity index (χ0n) is 8.83. The molecular weight excluding hydrogens is 182 g/mol. The Bertz CT molecular complexity index is 240. The highest BCUT2D eigenvalue weighted by Crippen LogP contribution is 2.19. The number of carbonyl (C=O) groups is 2. The first-order valence-corrected chi connectivity index (χ1v) is 4.42. The number of hydrogen-bond donors (Lipinski definition) is 2. The molecule has 2 N–H and O–H groups in total. The van der Waals surface area contributed by atoms with Gasteiger partial charge in [0.25, 0.3) is 0 Å². The van der Waals surface area contributed by atoms with Gasteiger partial charge in [0.2, 0.25) is 5.91 Å². The van der Waals surface area contributed by atoms with Gasteiger partial charge < -0.3 is 10.4 Å². The molecule has 0 aliphatic carbocycles. The summed E-state index contributed by atoms with van der Waals surface area (Å²) < 4.78 is 0. The SMILES string of the molecule is C=CCC(=O)N[C@@H](C(=O)O)C(C)(C)C. The number of amides is 1. The van der Waals surface area contributed by atoms with Crippen LogP contribution in [0.15, 0.2) is 12.7 Å². The maximum atomic E-state index is 11.2. The lowest BCUT2D eigenvalue weighted by Crippen LogP contribution is -2.48. The zero-order valence-corrected chi connectivity index (χ0v) is 8.83. The Morgan fingerprint density at radius 2 is 2.00 bits per heavy atom. The number of carboxylic acid groups (broad SMARTS) is 1. The zero-order chi connectivity index (χ0) is 11.4. The normalized spacial score (nSPS) is 13.1. The maximum absolute atomic E-state index is 11.2. The Hall–Kier alpha value is -1.32. The molecule has 0 aromatic rings. The van der Waals surface area contributed by atoms with E-state index in [0.717, 1.165) is 0 Å². The van der Waals surface area contributed by atoms with Crippen molar-refractivity contribution < 1.29 is 14.7 Å². The summed E-state index contributed by atoms with van der Waals surface area (Å²) in [6.07, 6.45) is 1.58. The Morgan fingerprint density at radius 3 is 2.29 bits per heavy atom. The molecule has 0 spiro atoms. The molecule has 0 aliphatic heterocycles. The molecule has 0 unspecified atom stereocenters. The maximum Gasteiger partial charge on any atom is 0.326 e. The van der Waals surface area contributed by atoms with Gasteiger partial charge in [-0.2, -0.15) is 0 Å². The van der Waals surface area contributed by atoms with Crippen LogP contribution in [0.25, 0.3) is 0 Å². The van der Waals surface area contributed by atoms with Gasteiger partial charge in [-0.25, -0.2) is 4.79 Å². The lowest BCUT2D eigenvalue weighted by atomic mass is 9.86. The van der Waals surface area contributed by atoms with Gasteiger partial charge in [-0.3, -0.25) is 4.79 Å². The summed E-state index contributed by atoms with van der Waals surface area (Å²) >= 11 is 0. The monoisotopic (exact) mass is 199 g/mol. The largest absolute Gasteiger partial charge is 0.480 e. The van der Waals surface area contributed by atoms with E-state index in [2.05, 4.69) is 11.9 Å². The van der Waals surface area contributed by atoms with Crippen LogP contribution in [-0.4, -0.2) is 23.0 Å². The van der Waals surface area contributed by atoms with Crippen LogP contribution in [0.2, 0.25) is 0 Å². The molecule has 1 amide bonds. The second-order valence-corrected chi connectivity index (χ2v) is 4.20. The van der Waals surface area contributed by atoms with E-state index >= 15 is 0 Å². The van der Waals surface area contributed by atoms with Crippen molar-refractivity contribution in [2.24, 2.45) is 5.41 Å². The van der Waals surface area contributed by atoms with Crippen molar-refractivity contribution >= 4 is 11.9 Å². The number of carboxylic acids is 1. The molecule has 0 fully saturated rings. The second-order valence-electron chi connectivity index (χ2n) is 4.20. The van der Waals surface area contributed by atoms with Crippen LogP contribution in [0.3, 0.4) is 0 Å². The summed E-state index contributed by atoms with van der Waals surface area (Å²) in [5, 5.41) is 11.3. The van der Waals surface area contributed by atoms with Crippen molar-refractivity contribution in [1.82, 2.24) is 5.32 Å². The molecule has 1 atom stereocenters. The van der Waals surface area contributed by atoms with Crippen LogP contribution in [0.5, 0.6) is 0 Å². The van der Waals surface area contributed by atoms with Gasteiger partial charge in [0, 0.05) is 6.42 Å². The van der Waals surface area contributed by atoms with E-state index in [1.54, 1.807) is 20.8 Å². The fourth-order valence-electron chi connectivity index (χ4n) is 1.000. The summed E-state index contributed by atoms with van der Waals surface area (Å²) in [6, 6.07) is -0.866. The lowest BCUT2D eigenvalue weighted by Gasteiger charge is -2.27. The van der Waals surface area contributed by atoms with Crippen molar-refractivity contribution in [3.63, 3.8) is 0 Å². The highest BCUT2D eigenvalue weighted by atomic mass is 16.4. The predicted molar refractivity (Wildman–Crippen MR) is 53.8 cm³/mol. The predicted octanol–water partition coefficient (Wildman–Crippen LogP) is 1.18. The highest BCUT2D eigenvalue weighted by Gasteiger charge is 2.32.